The molecule has 1 aliphatic rings. The molecule has 1 aliphatic heterocycles. The van der Waals surface area contributed by atoms with E-state index in [1.807, 2.05) is 0 Å². The standard InChI is InChI=1S/C13H13F2N3O2/c14-9-2-1-8(10(15)6-9)5-11-17-12(20-18-11)13(19)3-4-16-7-13/h1-2,6,16,19H,3-5,7H2. The second-order valence-corrected chi connectivity index (χ2v) is 4.89. The Labute approximate surface area is 113 Å². The molecule has 0 radical (unpaired) electrons. The number of hydrogen-bond donors (Lipinski definition) is 2. The van der Waals surface area contributed by atoms with Crippen molar-refractivity contribution in [2.24, 2.45) is 0 Å². The Balaban J connectivity index is 1.80. The lowest BCUT2D eigenvalue weighted by molar-refractivity contribution is 0.0243. The lowest BCUT2D eigenvalue weighted by Gasteiger charge is -2.14. The Morgan fingerprint density at radius 3 is 2.95 bits per heavy atom. The van der Waals surface area contributed by atoms with Crippen molar-refractivity contribution >= 4 is 0 Å². The van der Waals surface area contributed by atoms with Crippen molar-refractivity contribution in [2.75, 3.05) is 13.1 Å². The Hall–Kier alpha value is -1.86. The summed E-state index contributed by atoms with van der Waals surface area (Å²) in [4.78, 5) is 4.09. The van der Waals surface area contributed by atoms with E-state index in [-0.39, 0.29) is 23.7 Å². The van der Waals surface area contributed by atoms with Gasteiger partial charge >= 0.3 is 0 Å². The maximum atomic E-state index is 13.5. The summed E-state index contributed by atoms with van der Waals surface area (Å²) in [6.45, 7) is 1.01. The number of aromatic nitrogens is 2. The van der Waals surface area contributed by atoms with E-state index in [9.17, 15) is 13.9 Å². The van der Waals surface area contributed by atoms with Crippen molar-refractivity contribution in [3.8, 4) is 0 Å². The summed E-state index contributed by atoms with van der Waals surface area (Å²) in [5.74, 6) is -0.908. The third kappa shape index (κ3) is 2.41. The molecule has 1 saturated heterocycles. The molecule has 1 aromatic heterocycles. The zero-order chi connectivity index (χ0) is 14.2. The normalized spacial score (nSPS) is 22.4. The SMILES string of the molecule is OC1(c2nc(Cc3ccc(F)cc3F)no2)CCNC1. The minimum Gasteiger partial charge on any atom is -0.379 e. The molecule has 3 rings (SSSR count). The number of rotatable bonds is 3. The average Bonchev–Trinajstić information content (AvgIpc) is 3.03. The van der Waals surface area contributed by atoms with Crippen LogP contribution in [0, 0.1) is 11.6 Å². The molecule has 2 N–H and O–H groups in total. The molecule has 0 bridgehead atoms. The topological polar surface area (TPSA) is 71.2 Å². The first-order valence-electron chi connectivity index (χ1n) is 6.27. The highest BCUT2D eigenvalue weighted by Crippen LogP contribution is 2.26. The van der Waals surface area contributed by atoms with E-state index in [2.05, 4.69) is 15.5 Å². The van der Waals surface area contributed by atoms with Gasteiger partial charge in [0.05, 0.1) is 0 Å². The molecule has 1 unspecified atom stereocenters. The summed E-state index contributed by atoms with van der Waals surface area (Å²) in [6, 6.07) is 3.32. The average molecular weight is 281 g/mol. The summed E-state index contributed by atoms with van der Waals surface area (Å²) < 4.78 is 31.4. The Morgan fingerprint density at radius 1 is 1.40 bits per heavy atom. The Morgan fingerprint density at radius 2 is 2.25 bits per heavy atom. The number of aliphatic hydroxyl groups is 1. The first-order valence-corrected chi connectivity index (χ1v) is 6.27. The van der Waals surface area contributed by atoms with E-state index in [0.717, 1.165) is 6.07 Å². The van der Waals surface area contributed by atoms with Crippen molar-refractivity contribution in [2.45, 2.75) is 18.4 Å². The molecular formula is C13H13F2N3O2. The van der Waals surface area contributed by atoms with Crippen LogP contribution in [0.25, 0.3) is 0 Å². The van der Waals surface area contributed by atoms with Crippen LogP contribution in [0.15, 0.2) is 22.7 Å². The first kappa shape index (κ1) is 13.1. The van der Waals surface area contributed by atoms with E-state index in [4.69, 9.17) is 4.52 Å². The third-order valence-corrected chi connectivity index (χ3v) is 3.36. The van der Waals surface area contributed by atoms with Gasteiger partial charge in [-0.05, 0) is 24.6 Å². The first-order chi connectivity index (χ1) is 9.57. The fourth-order valence-corrected chi connectivity index (χ4v) is 2.21. The molecule has 0 aliphatic carbocycles. The summed E-state index contributed by atoms with van der Waals surface area (Å²) in [5, 5.41) is 17.0. The maximum Gasteiger partial charge on any atom is 0.259 e. The Bertz CT molecular complexity index is 624. The highest BCUT2D eigenvalue weighted by Gasteiger charge is 2.38. The number of halogens is 2. The van der Waals surface area contributed by atoms with E-state index in [1.54, 1.807) is 0 Å². The van der Waals surface area contributed by atoms with Crippen LogP contribution in [0.5, 0.6) is 0 Å². The van der Waals surface area contributed by atoms with Gasteiger partial charge in [-0.15, -0.1) is 0 Å². The molecule has 106 valence electrons. The van der Waals surface area contributed by atoms with Crippen molar-refractivity contribution in [1.82, 2.24) is 15.5 Å². The van der Waals surface area contributed by atoms with Gasteiger partial charge in [-0.1, -0.05) is 11.2 Å². The third-order valence-electron chi connectivity index (χ3n) is 3.36. The lowest BCUT2D eigenvalue weighted by atomic mass is 10.0. The van der Waals surface area contributed by atoms with Gasteiger partial charge < -0.3 is 14.9 Å². The van der Waals surface area contributed by atoms with Gasteiger partial charge in [-0.25, -0.2) is 8.78 Å². The number of β-amino-alcohol motifs (C(OH)–C–C–N with tert-alkyl or cyclic N) is 1. The van der Waals surface area contributed by atoms with Crippen LogP contribution < -0.4 is 5.32 Å². The van der Waals surface area contributed by atoms with E-state index in [1.165, 1.54) is 12.1 Å². The van der Waals surface area contributed by atoms with E-state index in [0.29, 0.717) is 19.5 Å². The molecule has 1 fully saturated rings. The van der Waals surface area contributed by atoms with Crippen LogP contribution in [0.3, 0.4) is 0 Å². The number of nitrogens with zero attached hydrogens (tertiary/aromatic N) is 2. The lowest BCUT2D eigenvalue weighted by Crippen LogP contribution is -2.28. The molecule has 2 aromatic rings. The van der Waals surface area contributed by atoms with Crippen LogP contribution in [-0.4, -0.2) is 28.3 Å². The van der Waals surface area contributed by atoms with Crippen molar-refractivity contribution in [3.05, 3.63) is 47.1 Å². The van der Waals surface area contributed by atoms with Crippen LogP contribution in [0.4, 0.5) is 8.78 Å². The predicted molar refractivity (Wildman–Crippen MR) is 64.8 cm³/mol. The quantitative estimate of drug-likeness (QED) is 0.882. The molecule has 0 saturated carbocycles. The van der Waals surface area contributed by atoms with Crippen LogP contribution in [0.2, 0.25) is 0 Å². The smallest absolute Gasteiger partial charge is 0.259 e. The van der Waals surface area contributed by atoms with Gasteiger partial charge in [0.25, 0.3) is 5.89 Å². The fraction of sp³-hybridized carbons (Fsp3) is 0.385. The van der Waals surface area contributed by atoms with E-state index >= 15 is 0 Å². The van der Waals surface area contributed by atoms with Crippen LogP contribution in [-0.2, 0) is 12.0 Å². The maximum absolute atomic E-state index is 13.5. The van der Waals surface area contributed by atoms with Gasteiger partial charge in [0.15, 0.2) is 11.4 Å². The van der Waals surface area contributed by atoms with Crippen LogP contribution in [0.1, 0.15) is 23.7 Å². The number of nitrogens with one attached hydrogen (secondary N) is 1. The van der Waals surface area contributed by atoms with E-state index < -0.39 is 17.2 Å². The molecule has 7 heteroatoms. The molecule has 0 amide bonds. The molecule has 20 heavy (non-hydrogen) atoms. The summed E-state index contributed by atoms with van der Waals surface area (Å²) >= 11 is 0. The molecule has 2 heterocycles. The van der Waals surface area contributed by atoms with Crippen molar-refractivity contribution < 1.29 is 18.4 Å². The molecule has 1 aromatic carbocycles. The van der Waals surface area contributed by atoms with Crippen LogP contribution >= 0.6 is 0 Å². The Kier molecular flexibility index (Phi) is 3.23. The minimum atomic E-state index is -1.16. The summed E-state index contributed by atoms with van der Waals surface area (Å²) in [5.41, 5.74) is -0.887. The van der Waals surface area contributed by atoms with Gasteiger partial charge in [0.1, 0.15) is 11.6 Å². The largest absolute Gasteiger partial charge is 0.379 e. The molecule has 0 spiro atoms. The van der Waals surface area contributed by atoms with Gasteiger partial charge in [0.2, 0.25) is 0 Å². The number of hydrogen-bond acceptors (Lipinski definition) is 5. The van der Waals surface area contributed by atoms with Crippen molar-refractivity contribution in [1.29, 1.82) is 0 Å². The zero-order valence-corrected chi connectivity index (χ0v) is 10.6. The van der Waals surface area contributed by atoms with Gasteiger partial charge in [0, 0.05) is 19.0 Å². The number of benzene rings is 1. The molecule has 1 atom stereocenters. The molecule has 5 nitrogen and oxygen atoms in total. The molecular weight excluding hydrogens is 268 g/mol. The second kappa shape index (κ2) is 4.92. The highest BCUT2D eigenvalue weighted by atomic mass is 19.1. The minimum absolute atomic E-state index is 0.0825. The van der Waals surface area contributed by atoms with Crippen molar-refractivity contribution in [3.63, 3.8) is 0 Å². The summed E-state index contributed by atoms with van der Waals surface area (Å²) in [7, 11) is 0. The van der Waals surface area contributed by atoms with Gasteiger partial charge in [-0.2, -0.15) is 4.98 Å². The predicted octanol–water partition coefficient (Wildman–Crippen LogP) is 1.12. The second-order valence-electron chi connectivity index (χ2n) is 4.89. The van der Waals surface area contributed by atoms with Gasteiger partial charge in [-0.3, -0.25) is 0 Å². The zero-order valence-electron chi connectivity index (χ0n) is 10.6. The highest BCUT2D eigenvalue weighted by molar-refractivity contribution is 5.22. The summed E-state index contributed by atoms with van der Waals surface area (Å²) in [6.07, 6.45) is 0.568. The fourth-order valence-electron chi connectivity index (χ4n) is 2.21. The monoisotopic (exact) mass is 281 g/mol.